The van der Waals surface area contributed by atoms with Gasteiger partial charge in [-0.15, -0.1) is 0 Å². The van der Waals surface area contributed by atoms with Gasteiger partial charge in [0.25, 0.3) is 15.9 Å². The fourth-order valence-corrected chi connectivity index (χ4v) is 7.42. The van der Waals surface area contributed by atoms with E-state index in [4.69, 9.17) is 9.72 Å². The minimum absolute atomic E-state index is 0.155. The number of hydrogen-bond acceptors (Lipinski definition) is 6. The van der Waals surface area contributed by atoms with Gasteiger partial charge in [0.05, 0.1) is 34.5 Å². The molecule has 1 aliphatic heterocycles. The number of carbonyl (C=O) groups excluding carboxylic acids is 1. The van der Waals surface area contributed by atoms with E-state index < -0.39 is 10.0 Å². The first-order valence-electron chi connectivity index (χ1n) is 12.9. The Kier molecular flexibility index (Phi) is 7.00. The molecule has 0 fully saturated rings. The van der Waals surface area contributed by atoms with Gasteiger partial charge in [0.15, 0.2) is 5.13 Å². The van der Waals surface area contributed by atoms with Crippen LogP contribution in [0.25, 0.3) is 10.2 Å². The summed E-state index contributed by atoms with van der Waals surface area (Å²) in [6.07, 6.45) is 1.61. The van der Waals surface area contributed by atoms with Crippen LogP contribution in [0.5, 0.6) is 5.75 Å². The van der Waals surface area contributed by atoms with Crippen molar-refractivity contribution in [3.8, 4) is 5.75 Å². The van der Waals surface area contributed by atoms with Gasteiger partial charge in [0, 0.05) is 18.2 Å². The molecule has 0 bridgehead atoms. The fourth-order valence-electron chi connectivity index (χ4n) is 4.93. The summed E-state index contributed by atoms with van der Waals surface area (Å²) in [7, 11) is -2.17. The molecule has 9 heteroatoms. The maximum atomic E-state index is 13.9. The number of sulfonamides is 1. The summed E-state index contributed by atoms with van der Waals surface area (Å²) < 4.78 is 34.9. The number of hydrogen-bond donors (Lipinski definition) is 0. The number of fused-ring (bicyclic) bond motifs is 2. The number of anilines is 2. The first-order chi connectivity index (χ1) is 19.4. The Bertz CT molecular complexity index is 1780. The number of benzene rings is 4. The molecule has 0 atom stereocenters. The van der Waals surface area contributed by atoms with Crippen molar-refractivity contribution in [1.29, 1.82) is 0 Å². The second kappa shape index (κ2) is 10.7. The zero-order chi connectivity index (χ0) is 27.7. The lowest BCUT2D eigenvalue weighted by Crippen LogP contribution is -2.35. The second-order valence-corrected chi connectivity index (χ2v) is 12.4. The van der Waals surface area contributed by atoms with Crippen LogP contribution in [0.1, 0.15) is 27.9 Å². The molecule has 1 amide bonds. The standard InChI is InChI=1S/C31H27N3O4S2/c1-38-25-15-18-29-27(20-25)32-31(39-29)33(21-22-8-3-2-4-9-22)30(35)24-13-16-26(17-14-24)40(36,37)34-19-7-11-23-10-5-6-12-28(23)34/h2-6,8-10,12-18,20H,7,11,19,21H2,1H3. The van der Waals surface area contributed by atoms with Gasteiger partial charge < -0.3 is 4.74 Å². The summed E-state index contributed by atoms with van der Waals surface area (Å²) in [5.41, 5.74) is 3.82. The van der Waals surface area contributed by atoms with Gasteiger partial charge in [-0.2, -0.15) is 0 Å². The molecule has 0 unspecified atom stereocenters. The SMILES string of the molecule is COc1ccc2sc(N(Cc3ccccc3)C(=O)c3ccc(S(=O)(=O)N4CCCc5ccccc54)cc3)nc2c1. The van der Waals surface area contributed by atoms with Crippen LogP contribution < -0.4 is 13.9 Å². The van der Waals surface area contributed by atoms with Crippen LogP contribution in [-0.4, -0.2) is 33.0 Å². The van der Waals surface area contributed by atoms with Gasteiger partial charge >= 0.3 is 0 Å². The molecule has 0 spiro atoms. The van der Waals surface area contributed by atoms with Crippen LogP contribution in [0.4, 0.5) is 10.8 Å². The van der Waals surface area contributed by atoms with Crippen LogP contribution in [0.3, 0.4) is 0 Å². The molecule has 0 saturated heterocycles. The predicted molar refractivity (Wildman–Crippen MR) is 159 cm³/mol. The molecule has 4 aromatic carbocycles. The number of aryl methyl sites for hydroxylation is 1. The van der Waals surface area contributed by atoms with Crippen molar-refractivity contribution >= 4 is 48.3 Å². The van der Waals surface area contributed by atoms with Crippen molar-refractivity contribution in [3.63, 3.8) is 0 Å². The van der Waals surface area contributed by atoms with Crippen LogP contribution >= 0.6 is 11.3 Å². The number of methoxy groups -OCH3 is 1. The van der Waals surface area contributed by atoms with E-state index in [0.29, 0.717) is 29.5 Å². The Labute approximate surface area is 237 Å². The quantitative estimate of drug-likeness (QED) is 0.230. The normalized spacial score (nSPS) is 13.2. The highest BCUT2D eigenvalue weighted by Gasteiger charge is 2.29. The molecule has 0 saturated carbocycles. The summed E-state index contributed by atoms with van der Waals surface area (Å²) in [6.45, 7) is 0.745. The van der Waals surface area contributed by atoms with E-state index in [1.807, 2.05) is 72.8 Å². The zero-order valence-electron chi connectivity index (χ0n) is 21.9. The summed E-state index contributed by atoms with van der Waals surface area (Å²) in [4.78, 5) is 20.4. The number of thiazole rings is 1. The highest BCUT2D eigenvalue weighted by Crippen LogP contribution is 2.34. The Morgan fingerprint density at radius 3 is 2.50 bits per heavy atom. The minimum Gasteiger partial charge on any atom is -0.497 e. The molecular formula is C31H27N3O4S2. The van der Waals surface area contributed by atoms with E-state index >= 15 is 0 Å². The molecule has 0 aliphatic carbocycles. The lowest BCUT2D eigenvalue weighted by Gasteiger charge is -2.30. The van der Waals surface area contributed by atoms with E-state index in [-0.39, 0.29) is 10.8 Å². The van der Waals surface area contributed by atoms with Gasteiger partial charge in [-0.3, -0.25) is 14.0 Å². The fraction of sp³-hybridized carbons (Fsp3) is 0.161. The van der Waals surface area contributed by atoms with Crippen LogP contribution in [0.15, 0.2) is 102 Å². The lowest BCUT2D eigenvalue weighted by atomic mass is 10.0. The van der Waals surface area contributed by atoms with Crippen molar-refractivity contribution in [3.05, 3.63) is 114 Å². The molecule has 0 N–H and O–H groups in total. The largest absolute Gasteiger partial charge is 0.497 e. The number of aromatic nitrogens is 1. The third-order valence-electron chi connectivity index (χ3n) is 7.00. The van der Waals surface area contributed by atoms with E-state index in [9.17, 15) is 13.2 Å². The first-order valence-corrected chi connectivity index (χ1v) is 15.2. The molecule has 5 aromatic rings. The van der Waals surface area contributed by atoms with Gasteiger partial charge in [-0.05, 0) is 66.4 Å². The van der Waals surface area contributed by atoms with Crippen molar-refractivity contribution in [1.82, 2.24) is 4.98 Å². The number of para-hydroxylation sites is 1. The second-order valence-electron chi connectivity index (χ2n) is 9.54. The summed E-state index contributed by atoms with van der Waals surface area (Å²) in [5.74, 6) is 0.431. The van der Waals surface area contributed by atoms with Crippen LogP contribution in [-0.2, 0) is 23.0 Å². The number of nitrogens with zero attached hydrogens (tertiary/aromatic N) is 3. The molecular weight excluding hydrogens is 542 g/mol. The van der Waals surface area contributed by atoms with E-state index in [1.54, 1.807) is 24.1 Å². The van der Waals surface area contributed by atoms with Gasteiger partial charge in [0.1, 0.15) is 5.75 Å². The predicted octanol–water partition coefficient (Wildman–Crippen LogP) is 6.29. The van der Waals surface area contributed by atoms with E-state index in [2.05, 4.69) is 0 Å². The summed E-state index contributed by atoms with van der Waals surface area (Å²) in [5, 5.41) is 0.554. The summed E-state index contributed by atoms with van der Waals surface area (Å²) in [6, 6.07) is 29.2. The first kappa shape index (κ1) is 26.0. The van der Waals surface area contributed by atoms with E-state index in [0.717, 1.165) is 39.9 Å². The van der Waals surface area contributed by atoms with Crippen molar-refractivity contribution in [2.45, 2.75) is 24.3 Å². The zero-order valence-corrected chi connectivity index (χ0v) is 23.5. The minimum atomic E-state index is -3.78. The molecule has 40 heavy (non-hydrogen) atoms. The highest BCUT2D eigenvalue weighted by atomic mass is 32.2. The highest BCUT2D eigenvalue weighted by molar-refractivity contribution is 7.92. The van der Waals surface area contributed by atoms with Gasteiger partial charge in [0.2, 0.25) is 0 Å². The molecule has 1 aromatic heterocycles. The maximum absolute atomic E-state index is 13.9. The number of carbonyl (C=O) groups is 1. The third-order valence-corrected chi connectivity index (χ3v) is 9.89. The Morgan fingerprint density at radius 2 is 1.73 bits per heavy atom. The summed E-state index contributed by atoms with van der Waals surface area (Å²) >= 11 is 1.42. The molecule has 2 heterocycles. The number of ether oxygens (including phenoxy) is 1. The van der Waals surface area contributed by atoms with Gasteiger partial charge in [-0.1, -0.05) is 59.9 Å². The smallest absolute Gasteiger partial charge is 0.264 e. The Morgan fingerprint density at radius 1 is 0.975 bits per heavy atom. The van der Waals surface area contributed by atoms with Crippen molar-refractivity contribution in [2.24, 2.45) is 0 Å². The van der Waals surface area contributed by atoms with Crippen molar-refractivity contribution in [2.75, 3.05) is 22.9 Å². The molecule has 6 rings (SSSR count). The Hall–Kier alpha value is -4.21. The molecule has 1 aliphatic rings. The molecule has 202 valence electrons. The average Bonchev–Trinajstić information content (AvgIpc) is 3.43. The lowest BCUT2D eigenvalue weighted by molar-refractivity contribution is 0.0985. The van der Waals surface area contributed by atoms with Crippen LogP contribution in [0.2, 0.25) is 0 Å². The number of rotatable bonds is 7. The molecule has 0 radical (unpaired) electrons. The van der Waals surface area contributed by atoms with E-state index in [1.165, 1.54) is 27.8 Å². The third kappa shape index (κ3) is 4.94. The maximum Gasteiger partial charge on any atom is 0.264 e. The number of amides is 1. The monoisotopic (exact) mass is 569 g/mol. The average molecular weight is 570 g/mol. The Balaban J connectivity index is 1.33. The van der Waals surface area contributed by atoms with Gasteiger partial charge in [-0.25, -0.2) is 13.4 Å². The molecule has 7 nitrogen and oxygen atoms in total. The van der Waals surface area contributed by atoms with Crippen molar-refractivity contribution < 1.29 is 17.9 Å². The van der Waals surface area contributed by atoms with Crippen LogP contribution in [0, 0.1) is 0 Å². The topological polar surface area (TPSA) is 79.8 Å².